The quantitative estimate of drug-likeness (QED) is 0.334. The van der Waals surface area contributed by atoms with Gasteiger partial charge in [0.25, 0.3) is 20.0 Å². The molecule has 0 saturated heterocycles. The smallest absolute Gasteiger partial charge is 0.337 e. The summed E-state index contributed by atoms with van der Waals surface area (Å²) in [6, 6.07) is 8.72. The fraction of sp³-hybridized carbons (Fsp3) is 0.0556. The second-order valence-electron chi connectivity index (χ2n) is 6.22. The Bertz CT molecular complexity index is 1390. The minimum Gasteiger partial charge on any atom is -0.478 e. The van der Waals surface area contributed by atoms with Crippen LogP contribution in [0.25, 0.3) is 0 Å². The number of hydrogen-bond donors (Lipinski definition) is 4. The summed E-state index contributed by atoms with van der Waals surface area (Å²) in [5, 5.41) is 13.5. The number of thiophene rings is 1. The van der Waals surface area contributed by atoms with Gasteiger partial charge in [0.2, 0.25) is 0 Å². The molecule has 0 unspecified atom stereocenters. The lowest BCUT2D eigenvalue weighted by molar-refractivity contribution is 0.0697. The largest absolute Gasteiger partial charge is 0.478 e. The number of sulfonamides is 2. The summed E-state index contributed by atoms with van der Waals surface area (Å²) in [7, 11) is -6.86. The Morgan fingerprint density at radius 2 is 1.50 bits per heavy atom. The molecule has 170 valence electrons. The van der Waals surface area contributed by atoms with Gasteiger partial charge in [0, 0.05) is 12.7 Å². The summed E-state index contributed by atoms with van der Waals surface area (Å²) >= 11 is 13.0. The first-order valence-electron chi connectivity index (χ1n) is 8.58. The van der Waals surface area contributed by atoms with Crippen molar-refractivity contribution in [1.82, 2.24) is 0 Å². The van der Waals surface area contributed by atoms with Crippen LogP contribution in [-0.2, 0) is 20.0 Å². The fourth-order valence-corrected chi connectivity index (χ4v) is 6.10. The molecule has 0 aliphatic heterocycles. The van der Waals surface area contributed by atoms with Gasteiger partial charge in [-0.2, -0.15) is 0 Å². The van der Waals surface area contributed by atoms with E-state index in [-0.39, 0.29) is 41.8 Å². The van der Waals surface area contributed by atoms with Gasteiger partial charge in [-0.1, -0.05) is 29.3 Å². The van der Waals surface area contributed by atoms with Crippen LogP contribution in [0.4, 0.5) is 17.1 Å². The standard InChI is InChI=1S/C18H15Cl2N3O6S3/c1-21-14-5-4-10(7-11(14)18(24)25)31(26,27)22-15-8-12(19)13(20)9-16(15)23-32(28,29)17-3-2-6-30-17/h2-9,21-23H,1H3,(H,24,25). The minimum absolute atomic E-state index is 0.00568. The number of carboxylic acid groups (broad SMARTS) is 1. The predicted octanol–water partition coefficient (Wildman–Crippen LogP) is 4.40. The molecule has 3 aromatic rings. The SMILES string of the molecule is CNc1ccc(S(=O)(=O)Nc2cc(Cl)c(Cl)cc2NS(=O)(=O)c2cccs2)cc1C(=O)O. The Hall–Kier alpha value is -2.51. The van der Waals surface area contributed by atoms with Crippen molar-refractivity contribution < 1.29 is 26.7 Å². The molecular weight excluding hydrogens is 521 g/mol. The van der Waals surface area contributed by atoms with E-state index >= 15 is 0 Å². The van der Waals surface area contributed by atoms with E-state index < -0.39 is 26.0 Å². The summed E-state index contributed by atoms with van der Waals surface area (Å²) < 4.78 is 55.6. The Morgan fingerprint density at radius 3 is 2.00 bits per heavy atom. The topological polar surface area (TPSA) is 142 Å². The Labute approximate surface area is 198 Å². The zero-order valence-corrected chi connectivity index (χ0v) is 20.0. The van der Waals surface area contributed by atoms with Gasteiger partial charge in [-0.25, -0.2) is 21.6 Å². The summed E-state index contributed by atoms with van der Waals surface area (Å²) in [5.41, 5.74) is -0.408. The molecule has 3 rings (SSSR count). The number of hydrogen-bond acceptors (Lipinski definition) is 7. The number of benzene rings is 2. The van der Waals surface area contributed by atoms with Crippen molar-refractivity contribution in [2.24, 2.45) is 0 Å². The fourth-order valence-electron chi connectivity index (χ4n) is 2.62. The van der Waals surface area contributed by atoms with Gasteiger partial charge in [-0.15, -0.1) is 11.3 Å². The molecule has 0 radical (unpaired) electrons. The molecule has 0 spiro atoms. The molecule has 0 saturated carbocycles. The average molecular weight is 536 g/mol. The van der Waals surface area contributed by atoms with Gasteiger partial charge < -0.3 is 10.4 Å². The number of nitrogens with one attached hydrogen (secondary N) is 3. The monoisotopic (exact) mass is 535 g/mol. The molecule has 32 heavy (non-hydrogen) atoms. The van der Waals surface area contributed by atoms with Crippen molar-refractivity contribution in [3.05, 3.63) is 63.5 Å². The lowest BCUT2D eigenvalue weighted by Crippen LogP contribution is -2.18. The van der Waals surface area contributed by atoms with Crippen LogP contribution in [0.5, 0.6) is 0 Å². The molecule has 0 fully saturated rings. The highest BCUT2D eigenvalue weighted by atomic mass is 35.5. The van der Waals surface area contributed by atoms with E-state index in [2.05, 4.69) is 14.8 Å². The first-order chi connectivity index (χ1) is 14.9. The molecular formula is C18H15Cl2N3O6S3. The van der Waals surface area contributed by atoms with Crippen LogP contribution in [0.1, 0.15) is 10.4 Å². The zero-order chi connectivity index (χ0) is 23.7. The highest BCUT2D eigenvalue weighted by Gasteiger charge is 2.23. The Kier molecular flexibility index (Phi) is 6.91. The van der Waals surface area contributed by atoms with Crippen LogP contribution in [0.3, 0.4) is 0 Å². The first-order valence-corrected chi connectivity index (χ1v) is 13.2. The highest BCUT2D eigenvalue weighted by molar-refractivity contribution is 7.94. The summed E-state index contributed by atoms with van der Waals surface area (Å²) in [6.07, 6.45) is 0. The van der Waals surface area contributed by atoms with Crippen molar-refractivity contribution in [2.75, 3.05) is 21.8 Å². The number of carbonyl (C=O) groups is 1. The molecule has 1 heterocycles. The van der Waals surface area contributed by atoms with Gasteiger partial charge in [-0.3, -0.25) is 9.44 Å². The number of rotatable bonds is 8. The lowest BCUT2D eigenvalue weighted by Gasteiger charge is -2.16. The number of carboxylic acids is 1. The highest BCUT2D eigenvalue weighted by Crippen LogP contribution is 2.36. The maximum atomic E-state index is 12.9. The van der Waals surface area contributed by atoms with Crippen LogP contribution >= 0.6 is 34.5 Å². The molecule has 1 aromatic heterocycles. The normalized spacial score (nSPS) is 11.7. The molecule has 2 aromatic carbocycles. The minimum atomic E-state index is -4.33. The second-order valence-corrected chi connectivity index (χ2v) is 11.6. The summed E-state index contributed by atoms with van der Waals surface area (Å²) in [5.74, 6) is -1.33. The predicted molar refractivity (Wildman–Crippen MR) is 125 cm³/mol. The van der Waals surface area contributed by atoms with Crippen LogP contribution < -0.4 is 14.8 Å². The number of anilines is 3. The number of aromatic carboxylic acids is 1. The lowest BCUT2D eigenvalue weighted by atomic mass is 10.2. The number of halogens is 2. The molecule has 0 aliphatic carbocycles. The second kappa shape index (κ2) is 9.16. The van der Waals surface area contributed by atoms with Crippen molar-refractivity contribution in [3.63, 3.8) is 0 Å². The van der Waals surface area contributed by atoms with E-state index in [4.69, 9.17) is 23.2 Å². The molecule has 14 heteroatoms. The third-order valence-corrected chi connectivity index (χ3v) is 8.96. The van der Waals surface area contributed by atoms with Crippen LogP contribution in [0.15, 0.2) is 56.9 Å². The third-order valence-electron chi connectivity index (χ3n) is 4.11. The van der Waals surface area contributed by atoms with Gasteiger partial charge in [0.05, 0.1) is 31.9 Å². The Balaban J connectivity index is 2.04. The zero-order valence-electron chi connectivity index (χ0n) is 16.1. The van der Waals surface area contributed by atoms with E-state index in [9.17, 15) is 26.7 Å². The van der Waals surface area contributed by atoms with Gasteiger partial charge >= 0.3 is 5.97 Å². The van der Waals surface area contributed by atoms with Gasteiger partial charge in [0.15, 0.2) is 0 Å². The van der Waals surface area contributed by atoms with Crippen molar-refractivity contribution in [2.45, 2.75) is 9.10 Å². The molecule has 0 atom stereocenters. The van der Waals surface area contributed by atoms with Gasteiger partial charge in [0.1, 0.15) is 4.21 Å². The van der Waals surface area contributed by atoms with Crippen LogP contribution in [0, 0.1) is 0 Å². The maximum Gasteiger partial charge on any atom is 0.337 e. The molecule has 0 bridgehead atoms. The molecule has 4 N–H and O–H groups in total. The van der Waals surface area contributed by atoms with Crippen molar-refractivity contribution >= 4 is 77.6 Å². The Morgan fingerprint density at radius 1 is 0.906 bits per heavy atom. The van der Waals surface area contributed by atoms with Crippen molar-refractivity contribution in [3.8, 4) is 0 Å². The maximum absolute atomic E-state index is 12.9. The average Bonchev–Trinajstić information content (AvgIpc) is 3.26. The van der Waals surface area contributed by atoms with E-state index in [0.717, 1.165) is 23.5 Å². The molecule has 9 nitrogen and oxygen atoms in total. The first kappa shape index (κ1) is 24.1. The van der Waals surface area contributed by atoms with E-state index in [0.29, 0.717) is 0 Å². The third kappa shape index (κ3) is 5.10. The summed E-state index contributed by atoms with van der Waals surface area (Å²) in [6.45, 7) is 0. The van der Waals surface area contributed by atoms with Crippen molar-refractivity contribution in [1.29, 1.82) is 0 Å². The molecule has 0 aliphatic rings. The van der Waals surface area contributed by atoms with E-state index in [1.54, 1.807) is 11.4 Å². The van der Waals surface area contributed by atoms with Crippen LogP contribution in [0.2, 0.25) is 10.0 Å². The van der Waals surface area contributed by atoms with E-state index in [1.165, 1.54) is 31.3 Å². The molecule has 0 amide bonds. The van der Waals surface area contributed by atoms with E-state index in [1.807, 2.05) is 0 Å². The summed E-state index contributed by atoms with van der Waals surface area (Å²) in [4.78, 5) is 11.1. The van der Waals surface area contributed by atoms with Gasteiger partial charge in [-0.05, 0) is 41.8 Å². The van der Waals surface area contributed by atoms with Crippen LogP contribution in [-0.4, -0.2) is 35.0 Å².